The van der Waals surface area contributed by atoms with Crippen LogP contribution in [0.25, 0.3) is 0 Å². The predicted molar refractivity (Wildman–Crippen MR) is 66.2 cm³/mol. The summed E-state index contributed by atoms with van der Waals surface area (Å²) >= 11 is 9.46. The van der Waals surface area contributed by atoms with E-state index in [4.69, 9.17) is 17.3 Å². The molecule has 0 saturated heterocycles. The van der Waals surface area contributed by atoms with Gasteiger partial charge in [-0.25, -0.2) is 0 Å². The van der Waals surface area contributed by atoms with Gasteiger partial charge in [0.2, 0.25) is 0 Å². The monoisotopic (exact) mass is 300 g/mol. The molecule has 4 nitrogen and oxygen atoms in total. The van der Waals surface area contributed by atoms with E-state index in [9.17, 15) is 0 Å². The first-order valence-corrected chi connectivity index (χ1v) is 5.89. The maximum Gasteiger partial charge on any atom is 0.0995 e. The zero-order chi connectivity index (χ0) is 11.5. The van der Waals surface area contributed by atoms with Crippen LogP contribution >= 0.6 is 27.5 Å². The summed E-state index contributed by atoms with van der Waals surface area (Å²) in [6.07, 6.45) is 2.26. The fourth-order valence-corrected chi connectivity index (χ4v) is 2.17. The standard InChI is InChI=1S/C10H10BrClN4/c11-7-2-1-6(8(12)4-7)3-9(13)10-5-14-16-15-10/h1-2,4-5,9H,3,13H2,(H,14,15,16). The van der Waals surface area contributed by atoms with Gasteiger partial charge in [-0.3, -0.25) is 0 Å². The zero-order valence-electron chi connectivity index (χ0n) is 8.32. The Morgan fingerprint density at radius 3 is 2.94 bits per heavy atom. The summed E-state index contributed by atoms with van der Waals surface area (Å²) in [7, 11) is 0. The van der Waals surface area contributed by atoms with Gasteiger partial charge in [0.25, 0.3) is 0 Å². The van der Waals surface area contributed by atoms with E-state index in [-0.39, 0.29) is 6.04 Å². The highest BCUT2D eigenvalue weighted by atomic mass is 79.9. The van der Waals surface area contributed by atoms with Gasteiger partial charge in [0, 0.05) is 9.50 Å². The molecule has 1 atom stereocenters. The molecule has 0 aliphatic heterocycles. The number of nitrogens with zero attached hydrogens (tertiary/aromatic N) is 2. The minimum Gasteiger partial charge on any atom is -0.322 e. The van der Waals surface area contributed by atoms with E-state index in [2.05, 4.69) is 31.3 Å². The molecule has 0 fully saturated rings. The smallest absolute Gasteiger partial charge is 0.0995 e. The zero-order valence-corrected chi connectivity index (χ0v) is 10.7. The Kier molecular flexibility index (Phi) is 3.58. The maximum absolute atomic E-state index is 6.11. The van der Waals surface area contributed by atoms with Gasteiger partial charge in [-0.15, -0.1) is 0 Å². The highest BCUT2D eigenvalue weighted by molar-refractivity contribution is 9.10. The number of H-pyrrole nitrogens is 1. The molecular weight excluding hydrogens is 291 g/mol. The summed E-state index contributed by atoms with van der Waals surface area (Å²) in [5.41, 5.74) is 7.72. The van der Waals surface area contributed by atoms with Crippen LogP contribution in [0.1, 0.15) is 17.3 Å². The second-order valence-corrected chi connectivity index (χ2v) is 4.76. The molecule has 6 heteroatoms. The van der Waals surface area contributed by atoms with Crippen molar-refractivity contribution in [1.82, 2.24) is 15.4 Å². The second-order valence-electron chi connectivity index (χ2n) is 3.44. The Morgan fingerprint density at radius 1 is 1.50 bits per heavy atom. The van der Waals surface area contributed by atoms with Crippen LogP contribution in [0.4, 0.5) is 0 Å². The van der Waals surface area contributed by atoms with Crippen LogP contribution in [-0.4, -0.2) is 15.4 Å². The van der Waals surface area contributed by atoms with Crippen LogP contribution in [0.3, 0.4) is 0 Å². The first-order valence-electron chi connectivity index (χ1n) is 4.72. The third-order valence-corrected chi connectivity index (χ3v) is 3.11. The van der Waals surface area contributed by atoms with Crippen molar-refractivity contribution in [3.8, 4) is 0 Å². The number of aromatic amines is 1. The molecule has 1 aromatic carbocycles. The van der Waals surface area contributed by atoms with E-state index in [1.807, 2.05) is 18.2 Å². The number of hydrogen-bond donors (Lipinski definition) is 2. The molecule has 2 aromatic rings. The third kappa shape index (κ3) is 2.61. The van der Waals surface area contributed by atoms with E-state index < -0.39 is 0 Å². The third-order valence-electron chi connectivity index (χ3n) is 2.27. The molecule has 0 amide bonds. The largest absolute Gasteiger partial charge is 0.322 e. The molecule has 0 spiro atoms. The molecule has 0 bridgehead atoms. The van der Waals surface area contributed by atoms with E-state index in [0.717, 1.165) is 15.7 Å². The van der Waals surface area contributed by atoms with Crippen molar-refractivity contribution < 1.29 is 0 Å². The molecule has 1 heterocycles. The Hall–Kier alpha value is -0.910. The molecule has 0 aliphatic rings. The normalized spacial score (nSPS) is 12.7. The highest BCUT2D eigenvalue weighted by Gasteiger charge is 2.11. The Balaban J connectivity index is 2.15. The number of rotatable bonds is 3. The lowest BCUT2D eigenvalue weighted by molar-refractivity contribution is 0.691. The summed E-state index contributed by atoms with van der Waals surface area (Å²) in [5, 5.41) is 10.9. The molecule has 0 aliphatic carbocycles. The van der Waals surface area contributed by atoms with Gasteiger partial charge >= 0.3 is 0 Å². The van der Waals surface area contributed by atoms with Crippen molar-refractivity contribution in [3.63, 3.8) is 0 Å². The number of benzene rings is 1. The molecule has 16 heavy (non-hydrogen) atoms. The van der Waals surface area contributed by atoms with Crippen LogP contribution in [0.5, 0.6) is 0 Å². The SMILES string of the molecule is NC(Cc1ccc(Br)cc1Cl)c1cn[nH]n1. The summed E-state index contributed by atoms with van der Waals surface area (Å²) in [6.45, 7) is 0. The first kappa shape index (κ1) is 11.6. The van der Waals surface area contributed by atoms with E-state index >= 15 is 0 Å². The molecule has 1 unspecified atom stereocenters. The quantitative estimate of drug-likeness (QED) is 0.915. The number of hydrogen-bond acceptors (Lipinski definition) is 3. The van der Waals surface area contributed by atoms with Crippen LogP contribution in [0, 0.1) is 0 Å². The van der Waals surface area contributed by atoms with Gasteiger partial charge < -0.3 is 5.73 Å². The topological polar surface area (TPSA) is 67.6 Å². The number of aromatic nitrogens is 3. The highest BCUT2D eigenvalue weighted by Crippen LogP contribution is 2.24. The molecule has 0 radical (unpaired) electrons. The lowest BCUT2D eigenvalue weighted by Crippen LogP contribution is -2.14. The van der Waals surface area contributed by atoms with Crippen molar-refractivity contribution in [2.45, 2.75) is 12.5 Å². The lowest BCUT2D eigenvalue weighted by Gasteiger charge is -2.09. The molecule has 2 rings (SSSR count). The van der Waals surface area contributed by atoms with Crippen molar-refractivity contribution in [1.29, 1.82) is 0 Å². The minimum absolute atomic E-state index is 0.197. The average molecular weight is 302 g/mol. The van der Waals surface area contributed by atoms with Crippen molar-refractivity contribution in [3.05, 3.63) is 45.1 Å². The van der Waals surface area contributed by atoms with Crippen molar-refractivity contribution in [2.24, 2.45) is 5.73 Å². The fraction of sp³-hybridized carbons (Fsp3) is 0.200. The average Bonchev–Trinajstić information content (AvgIpc) is 2.75. The van der Waals surface area contributed by atoms with Crippen LogP contribution in [0.2, 0.25) is 5.02 Å². The number of nitrogens with one attached hydrogen (secondary N) is 1. The molecule has 0 saturated carbocycles. The van der Waals surface area contributed by atoms with E-state index in [0.29, 0.717) is 11.4 Å². The van der Waals surface area contributed by atoms with Crippen molar-refractivity contribution >= 4 is 27.5 Å². The first-order chi connectivity index (χ1) is 7.66. The van der Waals surface area contributed by atoms with Gasteiger partial charge in [-0.2, -0.15) is 15.4 Å². The summed E-state index contributed by atoms with van der Waals surface area (Å²) in [5.74, 6) is 0. The molecule has 1 aromatic heterocycles. The van der Waals surface area contributed by atoms with Gasteiger partial charge in [-0.1, -0.05) is 33.6 Å². The Labute approximate surface area is 106 Å². The summed E-state index contributed by atoms with van der Waals surface area (Å²) in [6, 6.07) is 5.55. The van der Waals surface area contributed by atoms with Crippen LogP contribution in [0.15, 0.2) is 28.9 Å². The predicted octanol–water partition coefficient (Wildman–Crippen LogP) is 2.46. The lowest BCUT2D eigenvalue weighted by atomic mass is 10.0. The molecule has 84 valence electrons. The minimum atomic E-state index is -0.197. The van der Waals surface area contributed by atoms with Gasteiger partial charge in [-0.05, 0) is 24.1 Å². The second kappa shape index (κ2) is 4.95. The maximum atomic E-state index is 6.11. The van der Waals surface area contributed by atoms with Gasteiger partial charge in [0.15, 0.2) is 0 Å². The van der Waals surface area contributed by atoms with Gasteiger partial charge in [0.05, 0.1) is 17.9 Å². The Morgan fingerprint density at radius 2 is 2.31 bits per heavy atom. The van der Waals surface area contributed by atoms with E-state index in [1.165, 1.54) is 0 Å². The fourth-order valence-electron chi connectivity index (χ4n) is 1.42. The molecule has 3 N–H and O–H groups in total. The van der Waals surface area contributed by atoms with Crippen LogP contribution < -0.4 is 5.73 Å². The number of halogens is 2. The summed E-state index contributed by atoms with van der Waals surface area (Å²) in [4.78, 5) is 0. The summed E-state index contributed by atoms with van der Waals surface area (Å²) < 4.78 is 0.955. The Bertz CT molecular complexity index is 472. The van der Waals surface area contributed by atoms with Crippen LogP contribution in [-0.2, 0) is 6.42 Å². The molecular formula is C10H10BrClN4. The van der Waals surface area contributed by atoms with E-state index in [1.54, 1.807) is 6.20 Å². The van der Waals surface area contributed by atoms with Gasteiger partial charge in [0.1, 0.15) is 0 Å². The van der Waals surface area contributed by atoms with Crippen molar-refractivity contribution in [2.75, 3.05) is 0 Å². The number of nitrogens with two attached hydrogens (primary N) is 1.